The number of amides is 1. The number of fused-ring (bicyclic) bond motifs is 1. The summed E-state index contributed by atoms with van der Waals surface area (Å²) in [6, 6.07) is 8.11. The summed E-state index contributed by atoms with van der Waals surface area (Å²) in [6.45, 7) is 0.407. The molecule has 0 saturated heterocycles. The third-order valence-corrected chi connectivity index (χ3v) is 4.80. The van der Waals surface area contributed by atoms with Crippen LogP contribution < -0.4 is 5.32 Å². The van der Waals surface area contributed by atoms with Crippen molar-refractivity contribution in [3.63, 3.8) is 0 Å². The smallest absolute Gasteiger partial charge is 0.227 e. The van der Waals surface area contributed by atoms with Crippen molar-refractivity contribution in [1.29, 1.82) is 0 Å². The molecule has 20 heavy (non-hydrogen) atoms. The van der Waals surface area contributed by atoms with Gasteiger partial charge in [0.25, 0.3) is 0 Å². The third-order valence-electron chi connectivity index (χ3n) is 4.80. The van der Waals surface area contributed by atoms with Gasteiger partial charge >= 0.3 is 0 Å². The van der Waals surface area contributed by atoms with Gasteiger partial charge in [0.2, 0.25) is 5.91 Å². The Morgan fingerprint density at radius 2 is 1.90 bits per heavy atom. The van der Waals surface area contributed by atoms with E-state index in [4.69, 9.17) is 0 Å². The van der Waals surface area contributed by atoms with E-state index in [2.05, 4.69) is 11.4 Å². The van der Waals surface area contributed by atoms with E-state index in [1.165, 1.54) is 18.4 Å². The van der Waals surface area contributed by atoms with Crippen LogP contribution in [-0.4, -0.2) is 23.2 Å². The summed E-state index contributed by atoms with van der Waals surface area (Å²) in [7, 11) is 0. The molecule has 1 fully saturated rings. The topological polar surface area (TPSA) is 49.3 Å². The minimum absolute atomic E-state index is 0.0134. The zero-order chi connectivity index (χ0) is 14.0. The number of aliphatic hydroxyl groups is 1. The summed E-state index contributed by atoms with van der Waals surface area (Å²) >= 11 is 0. The second-order valence-corrected chi connectivity index (χ2v) is 6.31. The molecule has 1 amide bonds. The maximum atomic E-state index is 12.2. The van der Waals surface area contributed by atoms with Crippen LogP contribution in [0.1, 0.15) is 55.6 Å². The molecule has 108 valence electrons. The number of carbonyl (C=O) groups excluding carboxylic acids is 1. The lowest BCUT2D eigenvalue weighted by Crippen LogP contribution is -2.45. The molecule has 1 atom stereocenters. The molecule has 1 aromatic carbocycles. The minimum atomic E-state index is -0.685. The highest BCUT2D eigenvalue weighted by Crippen LogP contribution is 2.35. The van der Waals surface area contributed by atoms with Gasteiger partial charge in [0, 0.05) is 6.54 Å². The lowest BCUT2D eigenvalue weighted by Gasteiger charge is -2.32. The quantitative estimate of drug-likeness (QED) is 0.831. The maximum Gasteiger partial charge on any atom is 0.227 e. The summed E-state index contributed by atoms with van der Waals surface area (Å²) in [5.74, 6) is 0.0574. The van der Waals surface area contributed by atoms with E-state index in [0.717, 1.165) is 37.7 Å². The number of benzene rings is 1. The van der Waals surface area contributed by atoms with Gasteiger partial charge in [-0.1, -0.05) is 49.9 Å². The Kier molecular flexibility index (Phi) is 3.79. The summed E-state index contributed by atoms with van der Waals surface area (Å²) in [5.41, 5.74) is 1.74. The van der Waals surface area contributed by atoms with E-state index in [0.29, 0.717) is 6.54 Å². The molecule has 1 saturated carbocycles. The number of rotatable bonds is 3. The van der Waals surface area contributed by atoms with E-state index in [1.807, 2.05) is 18.2 Å². The molecule has 0 heterocycles. The Bertz CT molecular complexity index is 490. The molecular formula is C17H23NO2. The first-order valence-corrected chi connectivity index (χ1v) is 7.76. The molecule has 0 aliphatic heterocycles. The van der Waals surface area contributed by atoms with Crippen LogP contribution in [0.4, 0.5) is 0 Å². The Hall–Kier alpha value is -1.35. The Morgan fingerprint density at radius 1 is 1.20 bits per heavy atom. The van der Waals surface area contributed by atoms with E-state index in [9.17, 15) is 9.90 Å². The summed E-state index contributed by atoms with van der Waals surface area (Å²) in [4.78, 5) is 12.2. The van der Waals surface area contributed by atoms with Gasteiger partial charge in [-0.2, -0.15) is 0 Å². The maximum absolute atomic E-state index is 12.2. The largest absolute Gasteiger partial charge is 0.388 e. The zero-order valence-electron chi connectivity index (χ0n) is 11.9. The second kappa shape index (κ2) is 5.57. The molecule has 3 rings (SSSR count). The van der Waals surface area contributed by atoms with Gasteiger partial charge in [0.15, 0.2) is 0 Å². The molecule has 0 aromatic heterocycles. The fourth-order valence-electron chi connectivity index (χ4n) is 3.43. The van der Waals surface area contributed by atoms with Crippen molar-refractivity contribution in [2.75, 3.05) is 6.54 Å². The van der Waals surface area contributed by atoms with Crippen molar-refractivity contribution < 1.29 is 9.90 Å². The van der Waals surface area contributed by atoms with E-state index < -0.39 is 5.60 Å². The van der Waals surface area contributed by atoms with Crippen LogP contribution in [0.15, 0.2) is 24.3 Å². The lowest BCUT2D eigenvalue weighted by atomic mass is 9.77. The van der Waals surface area contributed by atoms with Gasteiger partial charge in [0.05, 0.1) is 11.5 Å². The van der Waals surface area contributed by atoms with Crippen LogP contribution >= 0.6 is 0 Å². The number of hydrogen-bond acceptors (Lipinski definition) is 2. The molecule has 3 nitrogen and oxygen atoms in total. The standard InChI is InChI=1S/C17H23NO2/c19-16(15-11-13-7-3-4-8-14(13)15)18-12-17(20)9-5-1-2-6-10-17/h3-4,7-8,15,20H,1-2,5-6,9-12H2,(H,18,19). The van der Waals surface area contributed by atoms with Crippen molar-refractivity contribution in [2.45, 2.75) is 56.5 Å². The molecule has 3 heteroatoms. The van der Waals surface area contributed by atoms with E-state index >= 15 is 0 Å². The molecule has 1 aromatic rings. The number of hydrogen-bond donors (Lipinski definition) is 2. The monoisotopic (exact) mass is 273 g/mol. The number of carbonyl (C=O) groups is 1. The Balaban J connectivity index is 1.55. The van der Waals surface area contributed by atoms with Gasteiger partial charge in [-0.05, 0) is 30.4 Å². The van der Waals surface area contributed by atoms with Gasteiger partial charge in [-0.3, -0.25) is 4.79 Å². The highest BCUT2D eigenvalue weighted by molar-refractivity contribution is 5.86. The van der Waals surface area contributed by atoms with Crippen LogP contribution in [0.3, 0.4) is 0 Å². The van der Waals surface area contributed by atoms with Crippen molar-refractivity contribution >= 4 is 5.91 Å². The average Bonchev–Trinajstić information content (AvgIpc) is 2.63. The Labute approximate surface area is 120 Å². The van der Waals surface area contributed by atoms with Crippen LogP contribution in [0, 0.1) is 0 Å². The van der Waals surface area contributed by atoms with Gasteiger partial charge < -0.3 is 10.4 Å². The van der Waals surface area contributed by atoms with Crippen molar-refractivity contribution in [3.05, 3.63) is 35.4 Å². The van der Waals surface area contributed by atoms with Crippen molar-refractivity contribution in [1.82, 2.24) is 5.32 Å². The molecular weight excluding hydrogens is 250 g/mol. The highest BCUT2D eigenvalue weighted by Gasteiger charge is 2.34. The van der Waals surface area contributed by atoms with Crippen molar-refractivity contribution in [3.8, 4) is 0 Å². The first-order chi connectivity index (χ1) is 9.68. The molecule has 2 aliphatic rings. The predicted octanol–water partition coefficient (Wildman–Crippen LogP) is 2.53. The average molecular weight is 273 g/mol. The first kappa shape index (κ1) is 13.6. The van der Waals surface area contributed by atoms with Crippen molar-refractivity contribution in [2.24, 2.45) is 0 Å². The first-order valence-electron chi connectivity index (χ1n) is 7.76. The molecule has 1 unspecified atom stereocenters. The third kappa shape index (κ3) is 2.73. The second-order valence-electron chi connectivity index (χ2n) is 6.31. The fourth-order valence-corrected chi connectivity index (χ4v) is 3.43. The van der Waals surface area contributed by atoms with Crippen LogP contribution in [0.2, 0.25) is 0 Å². The molecule has 2 N–H and O–H groups in total. The van der Waals surface area contributed by atoms with Gasteiger partial charge in [-0.15, -0.1) is 0 Å². The number of nitrogens with one attached hydrogen (secondary N) is 1. The summed E-state index contributed by atoms with van der Waals surface area (Å²) in [6.07, 6.45) is 7.00. The van der Waals surface area contributed by atoms with E-state index in [1.54, 1.807) is 0 Å². The lowest BCUT2D eigenvalue weighted by molar-refractivity contribution is -0.124. The fraction of sp³-hybridized carbons (Fsp3) is 0.588. The molecule has 2 aliphatic carbocycles. The normalized spacial score (nSPS) is 24.1. The minimum Gasteiger partial charge on any atom is -0.388 e. The van der Waals surface area contributed by atoms with Crippen LogP contribution in [0.5, 0.6) is 0 Å². The SMILES string of the molecule is O=C(NCC1(O)CCCCCC1)C1Cc2ccccc21. The van der Waals surface area contributed by atoms with Crippen LogP contribution in [0.25, 0.3) is 0 Å². The summed E-state index contributed by atoms with van der Waals surface area (Å²) < 4.78 is 0. The molecule has 0 radical (unpaired) electrons. The van der Waals surface area contributed by atoms with Gasteiger partial charge in [0.1, 0.15) is 0 Å². The zero-order valence-corrected chi connectivity index (χ0v) is 11.9. The van der Waals surface area contributed by atoms with Crippen LogP contribution in [-0.2, 0) is 11.2 Å². The summed E-state index contributed by atoms with van der Waals surface area (Å²) in [5, 5.41) is 13.5. The van der Waals surface area contributed by atoms with E-state index in [-0.39, 0.29) is 11.8 Å². The predicted molar refractivity (Wildman–Crippen MR) is 78.5 cm³/mol. The molecule has 0 bridgehead atoms. The highest BCUT2D eigenvalue weighted by atomic mass is 16.3. The molecule has 0 spiro atoms. The Morgan fingerprint density at radius 3 is 2.60 bits per heavy atom. The van der Waals surface area contributed by atoms with Gasteiger partial charge in [-0.25, -0.2) is 0 Å².